The van der Waals surface area contributed by atoms with Gasteiger partial charge in [0.15, 0.2) is 6.10 Å². The molecule has 0 fully saturated rings. The molecule has 0 aromatic heterocycles. The fraction of sp³-hybridized carbons (Fsp3) is 0.780. The summed E-state index contributed by atoms with van der Waals surface area (Å²) in [5.74, 6) is -2.42. The van der Waals surface area contributed by atoms with Gasteiger partial charge in [0, 0.05) is 12.8 Å². The Bertz CT molecular complexity index is 1240. The van der Waals surface area contributed by atoms with Gasteiger partial charge in [-0.3, -0.25) is 23.4 Å². The number of carbonyl (C=O) groups excluding carboxylic acids is 2. The maximum Gasteiger partial charge on any atom is 0.472 e. The Balaban J connectivity index is 4.25. The smallest absolute Gasteiger partial charge is 0.472 e. The Kier molecular flexibility index (Phi) is 43.2. The van der Waals surface area contributed by atoms with Gasteiger partial charge in [0.1, 0.15) is 12.6 Å². The lowest BCUT2D eigenvalue weighted by molar-refractivity contribution is -0.161. The minimum absolute atomic E-state index is 0.154. The average Bonchev–Trinajstić information content (AvgIpc) is 3.25. The van der Waals surface area contributed by atoms with Gasteiger partial charge in [-0.1, -0.05) is 204 Å². The van der Waals surface area contributed by atoms with Gasteiger partial charge in [-0.2, -0.15) is 0 Å². The van der Waals surface area contributed by atoms with Crippen molar-refractivity contribution in [3.63, 3.8) is 0 Å². The highest BCUT2D eigenvalue weighted by Gasteiger charge is 2.28. The number of hydrogen-bond donors (Lipinski definition) is 3. The molecule has 0 amide bonds. The number of carboxylic acid groups (broad SMARTS) is 1. The lowest BCUT2D eigenvalue weighted by Gasteiger charge is -2.20. The van der Waals surface area contributed by atoms with Crippen LogP contribution in [0.15, 0.2) is 48.6 Å². The predicted molar refractivity (Wildman–Crippen MR) is 254 cm³/mol. The van der Waals surface area contributed by atoms with Crippen LogP contribution in [0.3, 0.4) is 0 Å². The number of unbranched alkanes of at least 4 members (excludes halogenated alkanes) is 24. The third-order valence-corrected chi connectivity index (χ3v) is 11.5. The molecule has 12 heteroatoms. The third-order valence-electron chi connectivity index (χ3n) is 10.6. The van der Waals surface area contributed by atoms with Crippen LogP contribution in [0.5, 0.6) is 0 Å². The Morgan fingerprint density at radius 2 is 0.903 bits per heavy atom. The van der Waals surface area contributed by atoms with Gasteiger partial charge >= 0.3 is 25.7 Å². The second-order valence-electron chi connectivity index (χ2n) is 16.6. The van der Waals surface area contributed by atoms with Crippen molar-refractivity contribution in [1.29, 1.82) is 0 Å². The van der Waals surface area contributed by atoms with Crippen LogP contribution in [0.4, 0.5) is 0 Å². The zero-order valence-corrected chi connectivity index (χ0v) is 40.1. The highest BCUT2D eigenvalue weighted by Crippen LogP contribution is 2.43. The van der Waals surface area contributed by atoms with Gasteiger partial charge in [0.25, 0.3) is 0 Å². The lowest BCUT2D eigenvalue weighted by Crippen LogP contribution is -2.34. The van der Waals surface area contributed by atoms with E-state index >= 15 is 0 Å². The van der Waals surface area contributed by atoms with Crippen molar-refractivity contribution < 1.29 is 47.5 Å². The van der Waals surface area contributed by atoms with Crippen LogP contribution in [-0.4, -0.2) is 59.9 Å². The molecule has 0 heterocycles. The second kappa shape index (κ2) is 45.0. The maximum atomic E-state index is 12.7. The number of rotatable bonds is 46. The molecule has 1 unspecified atom stereocenters. The number of carboxylic acids is 1. The van der Waals surface area contributed by atoms with Crippen molar-refractivity contribution in [2.24, 2.45) is 5.73 Å². The molecule has 0 bridgehead atoms. The summed E-state index contributed by atoms with van der Waals surface area (Å²) >= 11 is 0. The second-order valence-corrected chi connectivity index (χ2v) is 18.0. The maximum absolute atomic E-state index is 12.7. The zero-order chi connectivity index (χ0) is 45.6. The van der Waals surface area contributed by atoms with E-state index in [9.17, 15) is 23.8 Å². The van der Waals surface area contributed by atoms with Crippen molar-refractivity contribution in [1.82, 2.24) is 0 Å². The number of ether oxygens (including phenoxy) is 2. The van der Waals surface area contributed by atoms with E-state index in [4.69, 9.17) is 24.8 Å². The number of phosphoric ester groups is 1. The SMILES string of the molecule is CC/C=C/C/C=C/C/C=C/C/C=C/CCCCC(=O)OC[C@@H](COP(=O)(O)OC[C@H](N)C(=O)O)OC(=O)CCCCCCCCCCCCCCCCCCCCCCCCC. The largest absolute Gasteiger partial charge is 0.480 e. The standard InChI is InChI=1S/C50H90NO10P/c1-3-5-7-9-11-13-15-17-19-20-21-22-23-24-25-26-28-30-32-34-36-38-40-42-49(53)61-46(44-59-62(56,57)60-45-47(51)50(54)55)43-58-48(52)41-39-37-35-33-31-29-27-18-16-14-12-10-8-6-4-2/h6,8,12,14,18,27,31,33,46-47H,3-5,7,9-11,13,15-17,19-26,28-30,32,34-45,51H2,1-2H3,(H,54,55)(H,56,57)/b8-6+,14-12+,27-18+,33-31+/t46-,47-/m0/s1. The molecule has 0 aliphatic heterocycles. The van der Waals surface area contributed by atoms with Crippen molar-refractivity contribution in [3.05, 3.63) is 48.6 Å². The van der Waals surface area contributed by atoms with Crippen molar-refractivity contribution in [2.75, 3.05) is 19.8 Å². The number of esters is 2. The average molecular weight is 896 g/mol. The van der Waals surface area contributed by atoms with Crippen molar-refractivity contribution in [3.8, 4) is 0 Å². The molecular weight excluding hydrogens is 806 g/mol. The minimum Gasteiger partial charge on any atom is -0.480 e. The first kappa shape index (κ1) is 59.4. The van der Waals surface area contributed by atoms with Crippen LogP contribution in [0.25, 0.3) is 0 Å². The molecule has 0 radical (unpaired) electrons. The molecule has 0 saturated carbocycles. The van der Waals surface area contributed by atoms with Crippen molar-refractivity contribution >= 4 is 25.7 Å². The highest BCUT2D eigenvalue weighted by atomic mass is 31.2. The van der Waals surface area contributed by atoms with E-state index in [-0.39, 0.29) is 19.4 Å². The van der Waals surface area contributed by atoms with Crippen LogP contribution in [0, 0.1) is 0 Å². The van der Waals surface area contributed by atoms with Crippen LogP contribution in [0.2, 0.25) is 0 Å². The van der Waals surface area contributed by atoms with Gasteiger partial charge in [0.2, 0.25) is 0 Å². The summed E-state index contributed by atoms with van der Waals surface area (Å²) in [7, 11) is -4.73. The summed E-state index contributed by atoms with van der Waals surface area (Å²) in [6.07, 6.45) is 51.9. The first-order valence-electron chi connectivity index (χ1n) is 24.7. The Hall–Kier alpha value is -2.56. The van der Waals surface area contributed by atoms with Crippen LogP contribution in [-0.2, 0) is 37.5 Å². The molecule has 0 spiro atoms. The van der Waals surface area contributed by atoms with E-state index in [0.717, 1.165) is 57.8 Å². The van der Waals surface area contributed by atoms with Gasteiger partial charge < -0.3 is 25.2 Å². The van der Waals surface area contributed by atoms with E-state index < -0.39 is 51.1 Å². The molecule has 0 aromatic rings. The quantitative estimate of drug-likeness (QED) is 0.0230. The minimum atomic E-state index is -4.73. The number of hydrogen-bond acceptors (Lipinski definition) is 9. The molecule has 0 aliphatic rings. The molecule has 0 rings (SSSR count). The van der Waals surface area contributed by atoms with Gasteiger partial charge in [0.05, 0.1) is 13.2 Å². The molecule has 360 valence electrons. The number of carbonyl (C=O) groups is 3. The molecule has 11 nitrogen and oxygen atoms in total. The molecule has 3 atom stereocenters. The summed E-state index contributed by atoms with van der Waals surface area (Å²) in [5.41, 5.74) is 5.34. The first-order valence-corrected chi connectivity index (χ1v) is 26.2. The van der Waals surface area contributed by atoms with Crippen LogP contribution in [0.1, 0.15) is 219 Å². The van der Waals surface area contributed by atoms with E-state index in [2.05, 4.69) is 67.0 Å². The molecule has 0 saturated heterocycles. The zero-order valence-electron chi connectivity index (χ0n) is 39.2. The monoisotopic (exact) mass is 896 g/mol. The van der Waals surface area contributed by atoms with Crippen LogP contribution < -0.4 is 5.73 Å². The van der Waals surface area contributed by atoms with Gasteiger partial charge in [-0.05, 0) is 51.4 Å². The summed E-state index contributed by atoms with van der Waals surface area (Å²) in [4.78, 5) is 46.1. The molecule has 0 aliphatic carbocycles. The number of nitrogens with two attached hydrogens (primary N) is 1. The van der Waals surface area contributed by atoms with E-state index in [0.29, 0.717) is 12.8 Å². The molecular formula is C50H90NO10P. The fourth-order valence-electron chi connectivity index (χ4n) is 6.76. The van der Waals surface area contributed by atoms with Crippen LogP contribution >= 0.6 is 7.82 Å². The van der Waals surface area contributed by atoms with Crippen molar-refractivity contribution in [2.45, 2.75) is 231 Å². The fourth-order valence-corrected chi connectivity index (χ4v) is 7.54. The molecule has 0 aromatic carbocycles. The Labute approximate surface area is 377 Å². The molecule has 4 N–H and O–H groups in total. The Morgan fingerprint density at radius 3 is 1.35 bits per heavy atom. The first-order chi connectivity index (χ1) is 30.1. The van der Waals surface area contributed by atoms with Gasteiger partial charge in [-0.25, -0.2) is 4.57 Å². The van der Waals surface area contributed by atoms with Gasteiger partial charge in [-0.15, -0.1) is 0 Å². The van der Waals surface area contributed by atoms with E-state index in [1.807, 2.05) is 0 Å². The number of allylic oxidation sites excluding steroid dienone is 8. The normalized spacial score (nSPS) is 14.0. The highest BCUT2D eigenvalue weighted by molar-refractivity contribution is 7.47. The third kappa shape index (κ3) is 44.1. The number of phosphoric acid groups is 1. The lowest BCUT2D eigenvalue weighted by atomic mass is 10.0. The predicted octanol–water partition coefficient (Wildman–Crippen LogP) is 13.7. The summed E-state index contributed by atoms with van der Waals surface area (Å²) in [6, 6.07) is -1.53. The van der Waals surface area contributed by atoms with E-state index in [1.165, 1.54) is 122 Å². The van der Waals surface area contributed by atoms with E-state index in [1.54, 1.807) is 0 Å². The topological polar surface area (TPSA) is 172 Å². The Morgan fingerprint density at radius 1 is 0.516 bits per heavy atom. The summed E-state index contributed by atoms with van der Waals surface area (Å²) in [6.45, 7) is 2.67. The molecule has 62 heavy (non-hydrogen) atoms. The summed E-state index contributed by atoms with van der Waals surface area (Å²) < 4.78 is 32.8. The number of aliphatic carboxylic acids is 1. The summed E-state index contributed by atoms with van der Waals surface area (Å²) in [5, 5.41) is 8.91.